The minimum atomic E-state index is -0.130. The average molecular weight is 243 g/mol. The van der Waals surface area contributed by atoms with E-state index in [0.29, 0.717) is 13.2 Å². The van der Waals surface area contributed by atoms with Crippen molar-refractivity contribution in [3.63, 3.8) is 0 Å². The van der Waals surface area contributed by atoms with Crippen molar-refractivity contribution in [1.82, 2.24) is 0 Å². The van der Waals surface area contributed by atoms with E-state index in [9.17, 15) is 5.26 Å². The predicted molar refractivity (Wildman–Crippen MR) is 67.8 cm³/mol. The van der Waals surface area contributed by atoms with Crippen LogP contribution in [0.25, 0.3) is 0 Å². The van der Waals surface area contributed by atoms with E-state index >= 15 is 0 Å². The van der Waals surface area contributed by atoms with Crippen molar-refractivity contribution in [2.24, 2.45) is 5.41 Å². The monoisotopic (exact) mass is 243 g/mol. The summed E-state index contributed by atoms with van der Waals surface area (Å²) >= 11 is 0. The van der Waals surface area contributed by atoms with Gasteiger partial charge in [0.2, 0.25) is 0 Å². The highest BCUT2D eigenvalue weighted by Gasteiger charge is 2.37. The first kappa shape index (κ1) is 11.4. The van der Waals surface area contributed by atoms with Crippen molar-refractivity contribution < 1.29 is 9.47 Å². The number of rotatable bonds is 2. The zero-order valence-corrected chi connectivity index (χ0v) is 10.7. The van der Waals surface area contributed by atoms with Crippen LogP contribution < -0.4 is 9.47 Å². The lowest BCUT2D eigenvalue weighted by atomic mass is 9.66. The Morgan fingerprint density at radius 1 is 1.22 bits per heavy atom. The third-order valence-corrected chi connectivity index (χ3v) is 4.08. The zero-order chi connectivity index (χ0) is 12.6. The smallest absolute Gasteiger partial charge is 0.161 e. The maximum atomic E-state index is 9.32. The molecule has 1 aliphatic carbocycles. The Hall–Kier alpha value is -1.69. The quantitative estimate of drug-likeness (QED) is 0.801. The molecule has 0 aromatic heterocycles. The summed E-state index contributed by atoms with van der Waals surface area (Å²) in [4.78, 5) is 0. The highest BCUT2D eigenvalue weighted by Crippen LogP contribution is 2.44. The molecule has 1 aromatic carbocycles. The fourth-order valence-corrected chi connectivity index (χ4v) is 2.72. The van der Waals surface area contributed by atoms with Crippen molar-refractivity contribution in [3.05, 3.63) is 23.3 Å². The van der Waals surface area contributed by atoms with Gasteiger partial charge in [-0.15, -0.1) is 0 Å². The number of hydrogen-bond acceptors (Lipinski definition) is 3. The lowest BCUT2D eigenvalue weighted by molar-refractivity contribution is 0.170. The molecule has 1 aromatic rings. The summed E-state index contributed by atoms with van der Waals surface area (Å²) in [5.74, 6) is 1.66. The van der Waals surface area contributed by atoms with Crippen LogP contribution in [0.5, 0.6) is 11.5 Å². The number of fused-ring (bicyclic) bond motifs is 1. The van der Waals surface area contributed by atoms with Gasteiger partial charge in [0.1, 0.15) is 13.2 Å². The van der Waals surface area contributed by atoms with Crippen molar-refractivity contribution >= 4 is 0 Å². The molecular formula is C15H17NO2. The molecule has 1 saturated carbocycles. The Bertz CT molecular complexity index is 512. The average Bonchev–Trinajstić information content (AvgIpc) is 2.34. The number of nitrogens with zero attached hydrogens (tertiary/aromatic N) is 1. The molecule has 0 N–H and O–H groups in total. The zero-order valence-electron chi connectivity index (χ0n) is 10.7. The molecule has 0 atom stereocenters. The van der Waals surface area contributed by atoms with Crippen LogP contribution in [0.15, 0.2) is 12.1 Å². The Kier molecular flexibility index (Phi) is 2.66. The van der Waals surface area contributed by atoms with Crippen LogP contribution >= 0.6 is 0 Å². The van der Waals surface area contributed by atoms with Crippen LogP contribution in [0.2, 0.25) is 0 Å². The van der Waals surface area contributed by atoms with E-state index in [1.54, 1.807) is 0 Å². The van der Waals surface area contributed by atoms with Gasteiger partial charge < -0.3 is 9.47 Å². The first-order chi connectivity index (χ1) is 8.72. The van der Waals surface area contributed by atoms with Gasteiger partial charge >= 0.3 is 0 Å². The minimum Gasteiger partial charge on any atom is -0.486 e. The highest BCUT2D eigenvalue weighted by atomic mass is 16.6. The number of nitriles is 1. The highest BCUT2D eigenvalue weighted by molar-refractivity contribution is 5.48. The molecule has 1 heterocycles. The number of aryl methyl sites for hydroxylation is 1. The molecule has 0 unspecified atom stereocenters. The van der Waals surface area contributed by atoms with Crippen molar-refractivity contribution in [3.8, 4) is 17.6 Å². The first-order valence-electron chi connectivity index (χ1n) is 6.53. The minimum absolute atomic E-state index is 0.130. The van der Waals surface area contributed by atoms with Crippen LogP contribution in [-0.2, 0) is 6.42 Å². The molecule has 3 rings (SSSR count). The summed E-state index contributed by atoms with van der Waals surface area (Å²) in [6.45, 7) is 3.31. The molecule has 2 aliphatic rings. The lowest BCUT2D eigenvalue weighted by Gasteiger charge is -2.36. The molecule has 18 heavy (non-hydrogen) atoms. The molecule has 0 spiro atoms. The van der Waals surface area contributed by atoms with Gasteiger partial charge in [0.15, 0.2) is 11.5 Å². The summed E-state index contributed by atoms with van der Waals surface area (Å²) < 4.78 is 11.2. The molecule has 3 nitrogen and oxygen atoms in total. The van der Waals surface area contributed by atoms with E-state index in [4.69, 9.17) is 9.47 Å². The molecule has 94 valence electrons. The lowest BCUT2D eigenvalue weighted by Crippen LogP contribution is -2.30. The molecule has 0 bridgehead atoms. The van der Waals surface area contributed by atoms with E-state index < -0.39 is 0 Å². The van der Waals surface area contributed by atoms with E-state index in [0.717, 1.165) is 30.8 Å². The van der Waals surface area contributed by atoms with Crippen molar-refractivity contribution in [2.75, 3.05) is 13.2 Å². The maximum absolute atomic E-state index is 9.32. The number of hydrogen-bond donors (Lipinski definition) is 0. The Balaban J connectivity index is 1.90. The molecule has 1 fully saturated rings. The first-order valence-corrected chi connectivity index (χ1v) is 6.53. The normalized spacial score (nSPS) is 19.8. The Morgan fingerprint density at radius 2 is 1.89 bits per heavy atom. The van der Waals surface area contributed by atoms with Crippen LogP contribution in [0.4, 0.5) is 0 Å². The van der Waals surface area contributed by atoms with Gasteiger partial charge in [-0.3, -0.25) is 0 Å². The van der Waals surface area contributed by atoms with Gasteiger partial charge in [0, 0.05) is 0 Å². The van der Waals surface area contributed by atoms with E-state index in [-0.39, 0.29) is 5.41 Å². The molecule has 0 radical (unpaired) electrons. The van der Waals surface area contributed by atoms with Crippen LogP contribution in [0.1, 0.15) is 30.4 Å². The second-order valence-electron chi connectivity index (χ2n) is 5.34. The van der Waals surface area contributed by atoms with Gasteiger partial charge in [0.05, 0.1) is 11.5 Å². The van der Waals surface area contributed by atoms with Crippen LogP contribution in [0, 0.1) is 23.7 Å². The van der Waals surface area contributed by atoms with E-state index in [1.807, 2.05) is 6.07 Å². The summed E-state index contributed by atoms with van der Waals surface area (Å²) in [6.07, 6.45) is 4.07. The fraction of sp³-hybridized carbons (Fsp3) is 0.533. The summed E-state index contributed by atoms with van der Waals surface area (Å²) in [5, 5.41) is 9.32. The molecule has 0 saturated heterocycles. The van der Waals surface area contributed by atoms with Crippen molar-refractivity contribution in [2.45, 2.75) is 32.6 Å². The molecular weight excluding hydrogens is 226 g/mol. The second kappa shape index (κ2) is 4.20. The topological polar surface area (TPSA) is 42.2 Å². The SMILES string of the molecule is Cc1cc2c(cc1CC1(C#N)CCC1)OCCO2. The molecule has 3 heteroatoms. The van der Waals surface area contributed by atoms with Gasteiger partial charge in [-0.2, -0.15) is 5.26 Å². The largest absolute Gasteiger partial charge is 0.486 e. The molecule has 1 aliphatic heterocycles. The number of benzene rings is 1. The number of ether oxygens (including phenoxy) is 2. The maximum Gasteiger partial charge on any atom is 0.161 e. The van der Waals surface area contributed by atoms with Gasteiger partial charge in [-0.1, -0.05) is 6.42 Å². The summed E-state index contributed by atoms with van der Waals surface area (Å²) in [6, 6.07) is 6.59. The summed E-state index contributed by atoms with van der Waals surface area (Å²) in [7, 11) is 0. The Labute approximate surface area is 107 Å². The van der Waals surface area contributed by atoms with Crippen molar-refractivity contribution in [1.29, 1.82) is 5.26 Å². The fourth-order valence-electron chi connectivity index (χ4n) is 2.72. The standard InChI is InChI=1S/C15H17NO2/c1-11-7-13-14(18-6-5-17-13)8-12(11)9-15(10-16)3-2-4-15/h7-8H,2-6,9H2,1H3. The van der Waals surface area contributed by atoms with E-state index in [1.165, 1.54) is 17.5 Å². The van der Waals surface area contributed by atoms with Crippen LogP contribution in [0.3, 0.4) is 0 Å². The van der Waals surface area contributed by atoms with Gasteiger partial charge in [-0.05, 0) is 49.4 Å². The van der Waals surface area contributed by atoms with Crippen LogP contribution in [-0.4, -0.2) is 13.2 Å². The van der Waals surface area contributed by atoms with Gasteiger partial charge in [0.25, 0.3) is 0 Å². The predicted octanol–water partition coefficient (Wildman–Crippen LogP) is 3.00. The third-order valence-electron chi connectivity index (χ3n) is 4.08. The third kappa shape index (κ3) is 1.82. The summed E-state index contributed by atoms with van der Waals surface area (Å²) in [5.41, 5.74) is 2.29. The Morgan fingerprint density at radius 3 is 2.44 bits per heavy atom. The second-order valence-corrected chi connectivity index (χ2v) is 5.34. The van der Waals surface area contributed by atoms with E-state index in [2.05, 4.69) is 19.1 Å². The van der Waals surface area contributed by atoms with Gasteiger partial charge in [-0.25, -0.2) is 0 Å². The molecule has 0 amide bonds.